The van der Waals surface area contributed by atoms with Gasteiger partial charge in [-0.05, 0) is 52.9 Å². The van der Waals surface area contributed by atoms with Crippen LogP contribution in [0, 0.1) is 0 Å². The van der Waals surface area contributed by atoms with Gasteiger partial charge >= 0.3 is 0 Å². The molecule has 0 N–H and O–H groups in total. The predicted molar refractivity (Wildman–Crippen MR) is 65.5 cm³/mol. The van der Waals surface area contributed by atoms with Gasteiger partial charge in [-0.1, -0.05) is 0 Å². The molecule has 2 fully saturated rings. The van der Waals surface area contributed by atoms with Crippen molar-refractivity contribution in [2.75, 3.05) is 27.2 Å². The molecule has 1 unspecified atom stereocenters. The van der Waals surface area contributed by atoms with E-state index in [1.54, 1.807) is 0 Å². The van der Waals surface area contributed by atoms with Gasteiger partial charge in [0.15, 0.2) is 0 Å². The van der Waals surface area contributed by atoms with Gasteiger partial charge in [0.25, 0.3) is 0 Å². The van der Waals surface area contributed by atoms with Crippen LogP contribution in [0.3, 0.4) is 0 Å². The van der Waals surface area contributed by atoms with Gasteiger partial charge in [0.05, 0.1) is 0 Å². The number of hydrogen-bond donors (Lipinski definition) is 0. The highest BCUT2D eigenvalue weighted by Gasteiger charge is 2.29. The van der Waals surface area contributed by atoms with Gasteiger partial charge in [-0.25, -0.2) is 0 Å². The Morgan fingerprint density at radius 2 is 1.88 bits per heavy atom. The van der Waals surface area contributed by atoms with E-state index in [9.17, 15) is 4.79 Å². The number of likely N-dealkylation sites (tertiary alicyclic amines) is 1. The van der Waals surface area contributed by atoms with Crippen LogP contribution < -0.4 is 0 Å². The summed E-state index contributed by atoms with van der Waals surface area (Å²) in [7, 11) is 4.34. The van der Waals surface area contributed by atoms with E-state index in [-0.39, 0.29) is 0 Å². The average molecular weight is 224 g/mol. The second-order valence-electron chi connectivity index (χ2n) is 5.52. The van der Waals surface area contributed by atoms with Crippen LogP contribution in [-0.2, 0) is 4.79 Å². The largest absolute Gasteiger partial charge is 0.306 e. The van der Waals surface area contributed by atoms with Gasteiger partial charge in [-0.3, -0.25) is 9.69 Å². The minimum Gasteiger partial charge on any atom is -0.306 e. The number of carbonyl (C=O) groups excluding carboxylic acids is 1. The first-order chi connectivity index (χ1) is 7.66. The van der Waals surface area contributed by atoms with Crippen molar-refractivity contribution in [2.24, 2.45) is 0 Å². The van der Waals surface area contributed by atoms with Crippen molar-refractivity contribution in [1.29, 1.82) is 0 Å². The van der Waals surface area contributed by atoms with Crippen molar-refractivity contribution in [3.63, 3.8) is 0 Å². The van der Waals surface area contributed by atoms with Gasteiger partial charge < -0.3 is 4.90 Å². The summed E-state index contributed by atoms with van der Waals surface area (Å²) < 4.78 is 0. The summed E-state index contributed by atoms with van der Waals surface area (Å²) in [4.78, 5) is 16.3. The van der Waals surface area contributed by atoms with Crippen LogP contribution in [0.25, 0.3) is 0 Å². The maximum atomic E-state index is 11.5. The molecule has 0 aromatic carbocycles. The maximum absolute atomic E-state index is 11.5. The molecule has 16 heavy (non-hydrogen) atoms. The molecular weight excluding hydrogens is 200 g/mol. The lowest BCUT2D eigenvalue weighted by Gasteiger charge is -2.40. The molecule has 0 aromatic heterocycles. The Kier molecular flexibility index (Phi) is 3.98. The molecule has 1 aliphatic carbocycles. The van der Waals surface area contributed by atoms with Crippen LogP contribution in [0.5, 0.6) is 0 Å². The lowest BCUT2D eigenvalue weighted by Crippen LogP contribution is -2.47. The summed E-state index contributed by atoms with van der Waals surface area (Å²) in [5.41, 5.74) is 0. The van der Waals surface area contributed by atoms with Crippen LogP contribution in [-0.4, -0.2) is 54.9 Å². The fourth-order valence-electron chi connectivity index (χ4n) is 3.08. The molecular formula is C13H24N2O. The van der Waals surface area contributed by atoms with E-state index < -0.39 is 0 Å². The van der Waals surface area contributed by atoms with Gasteiger partial charge in [-0.2, -0.15) is 0 Å². The van der Waals surface area contributed by atoms with E-state index in [0.717, 1.165) is 25.3 Å². The molecule has 3 heteroatoms. The lowest BCUT2D eigenvalue weighted by molar-refractivity contribution is -0.122. The fraction of sp³-hybridized carbons (Fsp3) is 0.923. The van der Waals surface area contributed by atoms with Gasteiger partial charge in [0.2, 0.25) is 0 Å². The molecule has 1 saturated carbocycles. The Labute approximate surface area is 98.8 Å². The van der Waals surface area contributed by atoms with E-state index in [1.807, 2.05) is 0 Å². The first-order valence-corrected chi connectivity index (χ1v) is 6.59. The number of hydrogen-bond acceptors (Lipinski definition) is 3. The maximum Gasteiger partial charge on any atom is 0.134 e. The molecule has 1 heterocycles. The van der Waals surface area contributed by atoms with Gasteiger partial charge in [-0.15, -0.1) is 0 Å². The summed E-state index contributed by atoms with van der Waals surface area (Å²) in [5, 5.41) is 0. The van der Waals surface area contributed by atoms with Gasteiger partial charge in [0, 0.05) is 24.9 Å². The van der Waals surface area contributed by atoms with Crippen molar-refractivity contribution in [3.05, 3.63) is 0 Å². The zero-order valence-electron chi connectivity index (χ0n) is 10.6. The van der Waals surface area contributed by atoms with E-state index in [0.29, 0.717) is 11.8 Å². The molecule has 2 rings (SSSR count). The molecule has 3 nitrogen and oxygen atoms in total. The summed E-state index contributed by atoms with van der Waals surface area (Å²) in [6, 6.07) is 1.31. The number of nitrogens with zero attached hydrogens (tertiary/aromatic N) is 2. The van der Waals surface area contributed by atoms with Crippen LogP contribution in [0.15, 0.2) is 0 Å². The van der Waals surface area contributed by atoms with E-state index in [2.05, 4.69) is 23.9 Å². The number of ketones is 1. The highest BCUT2D eigenvalue weighted by atomic mass is 16.1. The molecule has 1 aliphatic heterocycles. The molecule has 92 valence electrons. The van der Waals surface area contributed by atoms with E-state index in [4.69, 9.17) is 0 Å². The van der Waals surface area contributed by atoms with E-state index >= 15 is 0 Å². The topological polar surface area (TPSA) is 23.6 Å². The van der Waals surface area contributed by atoms with E-state index in [1.165, 1.54) is 32.4 Å². The highest BCUT2D eigenvalue weighted by Crippen LogP contribution is 2.24. The zero-order valence-corrected chi connectivity index (χ0v) is 10.6. The minimum atomic E-state index is 0.478. The third kappa shape index (κ3) is 2.83. The highest BCUT2D eigenvalue weighted by molar-refractivity contribution is 5.79. The monoisotopic (exact) mass is 224 g/mol. The standard InChI is InChI=1S/C13H24N2O/c1-14(2)11-6-8-15(9-7-11)12-4-3-5-13(16)10-12/h11-12H,3-10H2,1-2H3. The molecule has 0 aromatic rings. The van der Waals surface area contributed by atoms with Crippen molar-refractivity contribution >= 4 is 5.78 Å². The first kappa shape index (κ1) is 12.1. The number of Topliss-reactive ketones (excluding diaryl/α,β-unsaturated/α-hetero) is 1. The fourth-order valence-corrected chi connectivity index (χ4v) is 3.08. The smallest absolute Gasteiger partial charge is 0.134 e. The predicted octanol–water partition coefficient (Wildman–Crippen LogP) is 1.52. The third-order valence-electron chi connectivity index (χ3n) is 4.20. The number of piperidine rings is 1. The summed E-state index contributed by atoms with van der Waals surface area (Å²) in [6.45, 7) is 2.36. The average Bonchev–Trinajstić information content (AvgIpc) is 2.29. The summed E-state index contributed by atoms with van der Waals surface area (Å²) in [5.74, 6) is 0.478. The normalized spacial score (nSPS) is 29.9. The van der Waals surface area contributed by atoms with Gasteiger partial charge in [0.1, 0.15) is 5.78 Å². The van der Waals surface area contributed by atoms with Crippen LogP contribution in [0.1, 0.15) is 38.5 Å². The minimum absolute atomic E-state index is 0.478. The summed E-state index contributed by atoms with van der Waals surface area (Å²) in [6.07, 6.45) is 6.50. The van der Waals surface area contributed by atoms with Crippen molar-refractivity contribution in [1.82, 2.24) is 9.80 Å². The first-order valence-electron chi connectivity index (χ1n) is 6.59. The van der Waals surface area contributed by atoms with Crippen LogP contribution >= 0.6 is 0 Å². The molecule has 0 bridgehead atoms. The number of carbonyl (C=O) groups is 1. The molecule has 0 radical (unpaired) electrons. The Morgan fingerprint density at radius 1 is 1.19 bits per heavy atom. The molecule has 0 spiro atoms. The SMILES string of the molecule is CN(C)C1CCN(C2CCCC(=O)C2)CC1. The Hall–Kier alpha value is -0.410. The Bertz CT molecular complexity index is 244. The zero-order chi connectivity index (χ0) is 11.5. The molecule has 2 aliphatic rings. The quantitative estimate of drug-likeness (QED) is 0.710. The lowest BCUT2D eigenvalue weighted by atomic mass is 9.91. The molecule has 1 atom stereocenters. The van der Waals surface area contributed by atoms with Crippen molar-refractivity contribution in [3.8, 4) is 0 Å². The van der Waals surface area contributed by atoms with Crippen LogP contribution in [0.2, 0.25) is 0 Å². The van der Waals surface area contributed by atoms with Crippen molar-refractivity contribution in [2.45, 2.75) is 50.6 Å². The Morgan fingerprint density at radius 3 is 2.44 bits per heavy atom. The van der Waals surface area contributed by atoms with Crippen LogP contribution in [0.4, 0.5) is 0 Å². The molecule has 1 saturated heterocycles. The van der Waals surface area contributed by atoms with Crippen molar-refractivity contribution < 1.29 is 4.79 Å². The summed E-state index contributed by atoms with van der Waals surface area (Å²) >= 11 is 0. The second kappa shape index (κ2) is 5.28. The third-order valence-corrected chi connectivity index (χ3v) is 4.20. The number of rotatable bonds is 2. The Balaban J connectivity index is 1.82. The second-order valence-corrected chi connectivity index (χ2v) is 5.52. The molecule has 0 amide bonds.